The van der Waals surface area contributed by atoms with E-state index in [1.54, 1.807) is 18.5 Å². The number of ether oxygens (including phenoxy) is 1. The number of aliphatic hydroxyl groups excluding tert-OH is 1. The number of rotatable bonds is 5. The number of pyridine rings is 1. The first-order chi connectivity index (χ1) is 14.6. The Balaban J connectivity index is 1.72. The third kappa shape index (κ3) is 4.21. The molecule has 1 aliphatic heterocycles. The summed E-state index contributed by atoms with van der Waals surface area (Å²) in [6.45, 7) is 0.811. The van der Waals surface area contributed by atoms with Crippen LogP contribution in [-0.4, -0.2) is 39.8 Å². The summed E-state index contributed by atoms with van der Waals surface area (Å²) in [4.78, 5) is 12.9. The second-order valence-electron chi connectivity index (χ2n) is 6.96. The molecule has 2 unspecified atom stereocenters. The van der Waals surface area contributed by atoms with Crippen molar-refractivity contribution in [2.24, 2.45) is 0 Å². The minimum absolute atomic E-state index is 0.171. The summed E-state index contributed by atoms with van der Waals surface area (Å²) in [5, 5.41) is 17.4. The molecule has 1 aliphatic rings. The van der Waals surface area contributed by atoms with Gasteiger partial charge in [0.1, 0.15) is 5.82 Å². The number of hydrogen-bond donors (Lipinski definition) is 3. The number of methoxy groups -OCH3 is 1. The highest BCUT2D eigenvalue weighted by molar-refractivity contribution is 6.30. The van der Waals surface area contributed by atoms with Gasteiger partial charge in [-0.25, -0.2) is 14.4 Å². The zero-order valence-corrected chi connectivity index (χ0v) is 17.0. The van der Waals surface area contributed by atoms with Gasteiger partial charge in [-0.15, -0.1) is 0 Å². The summed E-state index contributed by atoms with van der Waals surface area (Å²) in [6, 6.07) is 5.75. The van der Waals surface area contributed by atoms with Gasteiger partial charge in [-0.2, -0.15) is 0 Å². The summed E-state index contributed by atoms with van der Waals surface area (Å²) in [5.41, 5.74) is 1.70. The summed E-state index contributed by atoms with van der Waals surface area (Å²) in [7, 11) is 1.50. The molecule has 156 valence electrons. The molecule has 0 radical (unpaired) electrons. The van der Waals surface area contributed by atoms with E-state index < -0.39 is 11.9 Å². The number of aliphatic hydroxyl groups is 1. The largest absolute Gasteiger partial charge is 0.491 e. The lowest BCUT2D eigenvalue weighted by atomic mass is 9.94. The van der Waals surface area contributed by atoms with Crippen LogP contribution in [0.4, 0.5) is 15.9 Å². The van der Waals surface area contributed by atoms with E-state index in [0.717, 1.165) is 18.5 Å². The van der Waals surface area contributed by atoms with E-state index in [9.17, 15) is 9.50 Å². The highest BCUT2D eigenvalue weighted by Crippen LogP contribution is 2.34. The predicted molar refractivity (Wildman–Crippen MR) is 112 cm³/mol. The zero-order chi connectivity index (χ0) is 21.1. The van der Waals surface area contributed by atoms with Crippen molar-refractivity contribution in [1.82, 2.24) is 20.3 Å². The molecule has 1 saturated heterocycles. The fourth-order valence-electron chi connectivity index (χ4n) is 3.49. The highest BCUT2D eigenvalue weighted by atomic mass is 35.5. The Hall–Kier alpha value is -2.81. The van der Waals surface area contributed by atoms with E-state index in [4.69, 9.17) is 16.3 Å². The molecule has 1 fully saturated rings. The first kappa shape index (κ1) is 20.5. The molecule has 2 atom stereocenters. The summed E-state index contributed by atoms with van der Waals surface area (Å²) >= 11 is 6.02. The molecule has 3 heterocycles. The molecule has 0 spiro atoms. The van der Waals surface area contributed by atoms with Gasteiger partial charge in [0.2, 0.25) is 0 Å². The molecule has 7 nitrogen and oxygen atoms in total. The van der Waals surface area contributed by atoms with Crippen LogP contribution in [0.1, 0.15) is 24.4 Å². The standard InChI is InChI=1S/C21H21ClFN5O2/c1-30-18-11-26-20(13-9-12(22)4-5-15(13)23)28-21(18)27-16-6-8-24-10-14(16)19-17(29)3-2-7-25-19/h4-6,8-11,17,19,25,29H,2-3,7H2,1H3,(H,24,26,27,28). The van der Waals surface area contributed by atoms with Crippen molar-refractivity contribution in [3.63, 3.8) is 0 Å². The van der Waals surface area contributed by atoms with E-state index in [1.165, 1.54) is 31.5 Å². The number of anilines is 2. The topological polar surface area (TPSA) is 92.2 Å². The summed E-state index contributed by atoms with van der Waals surface area (Å²) in [6.07, 6.45) is 5.92. The lowest BCUT2D eigenvalue weighted by Gasteiger charge is -2.30. The molecule has 30 heavy (non-hydrogen) atoms. The Labute approximate surface area is 178 Å². The average molecular weight is 430 g/mol. The van der Waals surface area contributed by atoms with Crippen LogP contribution >= 0.6 is 11.6 Å². The summed E-state index contributed by atoms with van der Waals surface area (Å²) < 4.78 is 19.7. The third-order valence-corrected chi connectivity index (χ3v) is 5.25. The molecular weight excluding hydrogens is 409 g/mol. The van der Waals surface area contributed by atoms with Crippen LogP contribution < -0.4 is 15.4 Å². The van der Waals surface area contributed by atoms with Gasteiger partial charge in [0.05, 0.1) is 31.0 Å². The van der Waals surface area contributed by atoms with Crippen LogP contribution in [-0.2, 0) is 0 Å². The van der Waals surface area contributed by atoms with Crippen molar-refractivity contribution >= 4 is 23.1 Å². The van der Waals surface area contributed by atoms with Crippen LogP contribution in [0.5, 0.6) is 5.75 Å². The van der Waals surface area contributed by atoms with E-state index >= 15 is 0 Å². The Bertz CT molecular complexity index is 1050. The number of aromatic nitrogens is 3. The lowest BCUT2D eigenvalue weighted by Crippen LogP contribution is -2.38. The molecule has 3 N–H and O–H groups in total. The number of halogens is 2. The van der Waals surface area contributed by atoms with Gasteiger partial charge >= 0.3 is 0 Å². The van der Waals surface area contributed by atoms with Crippen molar-refractivity contribution in [1.29, 1.82) is 0 Å². The smallest absolute Gasteiger partial charge is 0.179 e. The fourth-order valence-corrected chi connectivity index (χ4v) is 3.67. The monoisotopic (exact) mass is 429 g/mol. The van der Waals surface area contributed by atoms with E-state index in [1.807, 2.05) is 0 Å². The normalized spacial score (nSPS) is 18.8. The predicted octanol–water partition coefficient (Wildman–Crippen LogP) is 3.87. The van der Waals surface area contributed by atoms with Crippen molar-refractivity contribution < 1.29 is 14.2 Å². The second-order valence-corrected chi connectivity index (χ2v) is 7.40. The van der Waals surface area contributed by atoms with Crippen molar-refractivity contribution in [2.75, 3.05) is 19.0 Å². The highest BCUT2D eigenvalue weighted by Gasteiger charge is 2.27. The van der Waals surface area contributed by atoms with Gasteiger partial charge in [-0.1, -0.05) is 11.6 Å². The molecule has 1 aromatic carbocycles. The molecule has 3 aromatic rings. The van der Waals surface area contributed by atoms with Crippen molar-refractivity contribution in [3.05, 3.63) is 59.3 Å². The number of nitrogens with one attached hydrogen (secondary N) is 2. The SMILES string of the molecule is COc1cnc(-c2cc(Cl)ccc2F)nc1Nc1ccncc1C1NCCCC1O. The van der Waals surface area contributed by atoms with Gasteiger partial charge in [0.25, 0.3) is 0 Å². The zero-order valence-electron chi connectivity index (χ0n) is 16.3. The first-order valence-corrected chi connectivity index (χ1v) is 9.93. The van der Waals surface area contributed by atoms with Gasteiger partial charge in [0.15, 0.2) is 17.4 Å². The first-order valence-electron chi connectivity index (χ1n) is 9.55. The lowest BCUT2D eigenvalue weighted by molar-refractivity contribution is 0.0966. The maximum absolute atomic E-state index is 14.3. The average Bonchev–Trinajstić information content (AvgIpc) is 2.76. The molecule has 0 bridgehead atoms. The minimum Gasteiger partial charge on any atom is -0.491 e. The van der Waals surface area contributed by atoms with Crippen LogP contribution in [0.2, 0.25) is 5.02 Å². The number of piperidine rings is 1. The van der Waals surface area contributed by atoms with Crippen LogP contribution in [0, 0.1) is 5.82 Å². The number of nitrogens with zero attached hydrogens (tertiary/aromatic N) is 3. The Morgan fingerprint density at radius 1 is 1.30 bits per heavy atom. The van der Waals surface area contributed by atoms with E-state index in [0.29, 0.717) is 28.7 Å². The van der Waals surface area contributed by atoms with E-state index in [-0.39, 0.29) is 17.4 Å². The fraction of sp³-hybridized carbons (Fsp3) is 0.286. The minimum atomic E-state index is -0.521. The number of hydrogen-bond acceptors (Lipinski definition) is 7. The van der Waals surface area contributed by atoms with Gasteiger partial charge in [-0.05, 0) is 43.7 Å². The van der Waals surface area contributed by atoms with Crippen LogP contribution in [0.25, 0.3) is 11.4 Å². The Kier molecular flexibility index (Phi) is 6.08. The van der Waals surface area contributed by atoms with Crippen LogP contribution in [0.3, 0.4) is 0 Å². The molecule has 0 amide bonds. The maximum atomic E-state index is 14.3. The van der Waals surface area contributed by atoms with Gasteiger partial charge < -0.3 is 20.5 Å². The molecule has 0 saturated carbocycles. The molecule has 4 rings (SSSR count). The van der Waals surface area contributed by atoms with E-state index in [2.05, 4.69) is 25.6 Å². The number of benzene rings is 1. The Morgan fingerprint density at radius 2 is 2.17 bits per heavy atom. The maximum Gasteiger partial charge on any atom is 0.179 e. The quantitative estimate of drug-likeness (QED) is 0.567. The van der Waals surface area contributed by atoms with Crippen molar-refractivity contribution in [2.45, 2.75) is 25.0 Å². The third-order valence-electron chi connectivity index (χ3n) is 5.01. The molecular formula is C21H21ClFN5O2. The second kappa shape index (κ2) is 8.91. The molecule has 9 heteroatoms. The Morgan fingerprint density at radius 3 is 2.97 bits per heavy atom. The van der Waals surface area contributed by atoms with Crippen LogP contribution in [0.15, 0.2) is 42.9 Å². The van der Waals surface area contributed by atoms with Gasteiger partial charge in [0, 0.05) is 28.7 Å². The molecule has 2 aromatic heterocycles. The summed E-state index contributed by atoms with van der Waals surface area (Å²) in [5.74, 6) is 0.445. The molecule has 0 aliphatic carbocycles. The van der Waals surface area contributed by atoms with Gasteiger partial charge in [-0.3, -0.25) is 4.98 Å². The van der Waals surface area contributed by atoms with Crippen molar-refractivity contribution in [3.8, 4) is 17.1 Å².